The number of pyridine rings is 1. The second-order valence-corrected chi connectivity index (χ2v) is 5.94. The van der Waals surface area contributed by atoms with E-state index in [2.05, 4.69) is 0 Å². The maximum Gasteiger partial charge on any atom is 0.259 e. The van der Waals surface area contributed by atoms with Crippen LogP contribution in [0, 0.1) is 6.92 Å². The van der Waals surface area contributed by atoms with E-state index in [0.29, 0.717) is 11.8 Å². The third-order valence-corrected chi connectivity index (χ3v) is 4.31. The molecule has 2 aromatic heterocycles. The van der Waals surface area contributed by atoms with Gasteiger partial charge in [-0.15, -0.1) is 0 Å². The van der Waals surface area contributed by atoms with Gasteiger partial charge in [0.15, 0.2) is 5.43 Å². The number of rotatable bonds is 4. The average molecular weight is 300 g/mol. The van der Waals surface area contributed by atoms with E-state index in [0.717, 1.165) is 18.5 Å². The quantitative estimate of drug-likeness (QED) is 0.872. The summed E-state index contributed by atoms with van der Waals surface area (Å²) in [5, 5.41) is 0. The van der Waals surface area contributed by atoms with Crippen molar-refractivity contribution in [3.63, 3.8) is 0 Å². The average Bonchev–Trinajstić information content (AvgIpc) is 3.18. The zero-order valence-electron chi connectivity index (χ0n) is 13.1. The summed E-state index contributed by atoms with van der Waals surface area (Å²) in [5.41, 5.74) is 0.905. The molecule has 0 unspecified atom stereocenters. The SMILES string of the molecule is Cc1cc(=O)c(C(=O)N(C)[C@@H](C)c2ccco2)cn1C1CC1. The molecule has 0 aromatic carbocycles. The standard InChI is InChI=1S/C17H20N2O3/c1-11-9-15(20)14(10-19(11)13-6-7-13)17(21)18(3)12(2)16-5-4-8-22-16/h4-5,8-10,12-13H,6-7H2,1-3H3/t12-/m0/s1. The number of amides is 1. The molecule has 22 heavy (non-hydrogen) atoms. The van der Waals surface area contributed by atoms with Crippen LogP contribution in [-0.2, 0) is 0 Å². The first-order valence-corrected chi connectivity index (χ1v) is 7.52. The molecule has 3 rings (SSSR count). The van der Waals surface area contributed by atoms with E-state index in [1.807, 2.05) is 24.5 Å². The molecular weight excluding hydrogens is 280 g/mol. The van der Waals surface area contributed by atoms with Crippen molar-refractivity contribution < 1.29 is 9.21 Å². The molecule has 1 saturated carbocycles. The van der Waals surface area contributed by atoms with Crippen molar-refractivity contribution in [1.82, 2.24) is 9.47 Å². The minimum Gasteiger partial charge on any atom is -0.467 e. The number of nitrogens with zero attached hydrogens (tertiary/aromatic N) is 2. The number of aryl methyl sites for hydroxylation is 1. The first-order valence-electron chi connectivity index (χ1n) is 7.52. The molecule has 0 radical (unpaired) electrons. The van der Waals surface area contributed by atoms with Crippen LogP contribution in [0.25, 0.3) is 0 Å². The number of aromatic nitrogens is 1. The number of carbonyl (C=O) groups is 1. The van der Waals surface area contributed by atoms with Crippen LogP contribution in [0.3, 0.4) is 0 Å². The third-order valence-electron chi connectivity index (χ3n) is 4.31. The summed E-state index contributed by atoms with van der Waals surface area (Å²) in [5.74, 6) is 0.425. The molecule has 0 bridgehead atoms. The van der Waals surface area contributed by atoms with Crippen LogP contribution in [0.4, 0.5) is 0 Å². The highest BCUT2D eigenvalue weighted by molar-refractivity contribution is 5.94. The predicted molar refractivity (Wildman–Crippen MR) is 82.9 cm³/mol. The van der Waals surface area contributed by atoms with Crippen LogP contribution in [-0.4, -0.2) is 22.4 Å². The highest BCUT2D eigenvalue weighted by Gasteiger charge is 2.27. The van der Waals surface area contributed by atoms with Crippen LogP contribution in [0.5, 0.6) is 0 Å². The molecule has 1 atom stereocenters. The lowest BCUT2D eigenvalue weighted by Gasteiger charge is -2.23. The molecule has 0 N–H and O–H groups in total. The van der Waals surface area contributed by atoms with Crippen molar-refractivity contribution >= 4 is 5.91 Å². The van der Waals surface area contributed by atoms with E-state index in [1.54, 1.807) is 36.5 Å². The Morgan fingerprint density at radius 2 is 2.18 bits per heavy atom. The van der Waals surface area contributed by atoms with Gasteiger partial charge in [-0.1, -0.05) is 0 Å². The molecular formula is C17H20N2O3. The molecule has 5 heteroatoms. The summed E-state index contributed by atoms with van der Waals surface area (Å²) in [6.45, 7) is 3.79. The highest BCUT2D eigenvalue weighted by Crippen LogP contribution is 2.35. The van der Waals surface area contributed by atoms with Gasteiger partial charge in [0.05, 0.1) is 12.3 Å². The summed E-state index contributed by atoms with van der Waals surface area (Å²) < 4.78 is 7.39. The van der Waals surface area contributed by atoms with E-state index in [9.17, 15) is 9.59 Å². The molecule has 0 aliphatic heterocycles. The Morgan fingerprint density at radius 1 is 1.45 bits per heavy atom. The largest absolute Gasteiger partial charge is 0.467 e. The Labute approximate surface area is 129 Å². The van der Waals surface area contributed by atoms with Crippen LogP contribution >= 0.6 is 0 Å². The molecule has 5 nitrogen and oxygen atoms in total. The molecule has 2 aromatic rings. The predicted octanol–water partition coefficient (Wildman–Crippen LogP) is 2.92. The lowest BCUT2D eigenvalue weighted by molar-refractivity contribution is 0.0724. The Kier molecular flexibility index (Phi) is 3.64. The van der Waals surface area contributed by atoms with E-state index in [-0.39, 0.29) is 22.9 Å². The Morgan fingerprint density at radius 3 is 2.77 bits per heavy atom. The zero-order chi connectivity index (χ0) is 15.9. The molecule has 1 fully saturated rings. The van der Waals surface area contributed by atoms with Gasteiger partial charge in [0.25, 0.3) is 5.91 Å². The minimum absolute atomic E-state index is 0.221. The summed E-state index contributed by atoms with van der Waals surface area (Å²) >= 11 is 0. The Balaban J connectivity index is 1.91. The molecule has 0 spiro atoms. The summed E-state index contributed by atoms with van der Waals surface area (Å²) in [7, 11) is 1.69. The van der Waals surface area contributed by atoms with Gasteiger partial charge in [-0.2, -0.15) is 0 Å². The topological polar surface area (TPSA) is 55.5 Å². The van der Waals surface area contributed by atoms with Crippen molar-refractivity contribution in [3.8, 4) is 0 Å². The van der Waals surface area contributed by atoms with Gasteiger partial charge in [0, 0.05) is 31.0 Å². The van der Waals surface area contributed by atoms with Gasteiger partial charge in [0.2, 0.25) is 0 Å². The van der Waals surface area contributed by atoms with Gasteiger partial charge in [0.1, 0.15) is 11.3 Å². The van der Waals surface area contributed by atoms with Crippen LogP contribution in [0.1, 0.15) is 53.7 Å². The summed E-state index contributed by atoms with van der Waals surface area (Å²) in [4.78, 5) is 26.4. The number of hydrogen-bond donors (Lipinski definition) is 0. The van der Waals surface area contributed by atoms with Crippen molar-refractivity contribution in [2.75, 3.05) is 7.05 Å². The lowest BCUT2D eigenvalue weighted by Crippen LogP contribution is -2.33. The van der Waals surface area contributed by atoms with Crippen molar-refractivity contribution in [3.05, 3.63) is 57.9 Å². The monoisotopic (exact) mass is 300 g/mol. The fourth-order valence-corrected chi connectivity index (χ4v) is 2.64. The molecule has 116 valence electrons. The molecule has 0 saturated heterocycles. The van der Waals surface area contributed by atoms with Gasteiger partial charge in [-0.25, -0.2) is 0 Å². The smallest absolute Gasteiger partial charge is 0.259 e. The zero-order valence-corrected chi connectivity index (χ0v) is 13.1. The second-order valence-electron chi connectivity index (χ2n) is 5.94. The van der Waals surface area contributed by atoms with Crippen LogP contribution in [0.2, 0.25) is 0 Å². The van der Waals surface area contributed by atoms with E-state index in [1.165, 1.54) is 0 Å². The van der Waals surface area contributed by atoms with Crippen molar-refractivity contribution in [2.24, 2.45) is 0 Å². The van der Waals surface area contributed by atoms with Gasteiger partial charge < -0.3 is 13.9 Å². The minimum atomic E-state index is -0.275. The number of carbonyl (C=O) groups excluding carboxylic acids is 1. The molecule has 1 amide bonds. The van der Waals surface area contributed by atoms with Gasteiger partial charge in [-0.05, 0) is 38.8 Å². The lowest BCUT2D eigenvalue weighted by atomic mass is 10.1. The summed E-state index contributed by atoms with van der Waals surface area (Å²) in [6, 6.07) is 5.37. The van der Waals surface area contributed by atoms with Crippen molar-refractivity contribution in [2.45, 2.75) is 38.8 Å². The number of hydrogen-bond acceptors (Lipinski definition) is 3. The van der Waals surface area contributed by atoms with E-state index >= 15 is 0 Å². The number of furan rings is 1. The van der Waals surface area contributed by atoms with E-state index in [4.69, 9.17) is 4.42 Å². The van der Waals surface area contributed by atoms with Crippen LogP contribution in [0.15, 0.2) is 39.9 Å². The Hall–Kier alpha value is -2.30. The first kappa shape index (κ1) is 14.6. The molecule has 1 aliphatic rings. The summed E-state index contributed by atoms with van der Waals surface area (Å²) in [6.07, 6.45) is 5.51. The van der Waals surface area contributed by atoms with E-state index < -0.39 is 0 Å². The Bertz CT molecular complexity index is 742. The maximum atomic E-state index is 12.7. The van der Waals surface area contributed by atoms with Gasteiger partial charge >= 0.3 is 0 Å². The fourth-order valence-electron chi connectivity index (χ4n) is 2.64. The normalized spacial score (nSPS) is 15.6. The molecule has 2 heterocycles. The van der Waals surface area contributed by atoms with Crippen molar-refractivity contribution in [1.29, 1.82) is 0 Å². The van der Waals surface area contributed by atoms with Gasteiger partial charge in [-0.3, -0.25) is 9.59 Å². The molecule has 1 aliphatic carbocycles. The maximum absolute atomic E-state index is 12.7. The highest BCUT2D eigenvalue weighted by atomic mass is 16.3. The van der Waals surface area contributed by atoms with Crippen LogP contribution < -0.4 is 5.43 Å². The second kappa shape index (κ2) is 5.48. The third kappa shape index (κ3) is 2.58. The first-order chi connectivity index (χ1) is 10.5. The fraction of sp³-hybridized carbons (Fsp3) is 0.412.